The highest BCUT2D eigenvalue weighted by Gasteiger charge is 2.24. The summed E-state index contributed by atoms with van der Waals surface area (Å²) in [4.78, 5) is 29.8. The van der Waals surface area contributed by atoms with Crippen molar-refractivity contribution in [3.63, 3.8) is 0 Å². The molecule has 1 aliphatic carbocycles. The molecule has 2 aromatic carbocycles. The second kappa shape index (κ2) is 8.75. The number of aryl methyl sites for hydroxylation is 1. The lowest BCUT2D eigenvalue weighted by Gasteiger charge is -2.15. The number of hydrogen-bond donors (Lipinski definition) is 1. The van der Waals surface area contributed by atoms with Gasteiger partial charge in [-0.1, -0.05) is 24.6 Å². The molecule has 0 radical (unpaired) electrons. The number of anilines is 1. The third kappa shape index (κ3) is 4.23. The molecule has 3 aromatic rings. The lowest BCUT2D eigenvalue weighted by molar-refractivity contribution is -0.119. The van der Waals surface area contributed by atoms with Gasteiger partial charge in [-0.05, 0) is 49.4 Å². The van der Waals surface area contributed by atoms with Crippen molar-refractivity contribution in [2.45, 2.75) is 32.1 Å². The molecule has 8 heteroatoms. The van der Waals surface area contributed by atoms with Crippen LogP contribution in [-0.4, -0.2) is 23.5 Å². The zero-order chi connectivity index (χ0) is 22.0. The van der Waals surface area contributed by atoms with E-state index in [9.17, 15) is 22.8 Å². The summed E-state index contributed by atoms with van der Waals surface area (Å²) in [7, 11) is 0. The maximum Gasteiger partial charge on any atom is 0.339 e. The predicted octanol–water partition coefficient (Wildman–Crippen LogP) is 4.72. The van der Waals surface area contributed by atoms with Crippen molar-refractivity contribution >= 4 is 28.5 Å². The number of fused-ring (bicyclic) bond motifs is 2. The van der Waals surface area contributed by atoms with E-state index in [-0.39, 0.29) is 0 Å². The molecule has 1 N–H and O–H groups in total. The first-order chi connectivity index (χ1) is 15.0. The Morgan fingerprint density at radius 2 is 1.74 bits per heavy atom. The molecule has 1 heterocycles. The van der Waals surface area contributed by atoms with Gasteiger partial charge in [0, 0.05) is 11.1 Å². The summed E-state index contributed by atoms with van der Waals surface area (Å²) in [6, 6.07) is 8.80. The zero-order valence-electron chi connectivity index (χ0n) is 16.5. The Morgan fingerprint density at radius 1 is 0.968 bits per heavy atom. The fourth-order valence-electron chi connectivity index (χ4n) is 3.79. The molecule has 0 aliphatic heterocycles. The lowest BCUT2D eigenvalue weighted by atomic mass is 9.97. The molecular formula is C23H19F3N2O3. The van der Waals surface area contributed by atoms with Gasteiger partial charge in [-0.3, -0.25) is 9.78 Å². The van der Waals surface area contributed by atoms with E-state index in [0.717, 1.165) is 43.0 Å². The number of carbonyl (C=O) groups is 2. The van der Waals surface area contributed by atoms with Gasteiger partial charge >= 0.3 is 5.97 Å². The number of ether oxygens (including phenoxy) is 1. The van der Waals surface area contributed by atoms with Crippen LogP contribution in [0.5, 0.6) is 0 Å². The van der Waals surface area contributed by atoms with E-state index in [0.29, 0.717) is 29.0 Å². The first-order valence-corrected chi connectivity index (χ1v) is 9.96. The third-order valence-electron chi connectivity index (χ3n) is 5.27. The number of amides is 1. The third-order valence-corrected chi connectivity index (χ3v) is 5.27. The molecule has 4 rings (SSSR count). The Balaban J connectivity index is 1.56. The highest BCUT2D eigenvalue weighted by atomic mass is 19.2. The summed E-state index contributed by atoms with van der Waals surface area (Å²) in [5.41, 5.74) is 2.20. The Kier molecular flexibility index (Phi) is 5.88. The number of rotatable bonds is 4. The van der Waals surface area contributed by atoms with E-state index < -0.39 is 41.6 Å². The largest absolute Gasteiger partial charge is 0.452 e. The second-order valence-corrected chi connectivity index (χ2v) is 7.34. The predicted molar refractivity (Wildman–Crippen MR) is 108 cm³/mol. The van der Waals surface area contributed by atoms with E-state index in [4.69, 9.17) is 9.72 Å². The molecule has 1 amide bonds. The van der Waals surface area contributed by atoms with Gasteiger partial charge < -0.3 is 10.1 Å². The van der Waals surface area contributed by atoms with Crippen molar-refractivity contribution in [1.82, 2.24) is 4.98 Å². The molecule has 0 saturated heterocycles. The maximum atomic E-state index is 13.7. The number of aromatic nitrogens is 1. The number of pyridine rings is 1. The summed E-state index contributed by atoms with van der Waals surface area (Å²) in [6.45, 7) is -0.706. The number of hydrogen-bond acceptors (Lipinski definition) is 4. The van der Waals surface area contributed by atoms with Crippen molar-refractivity contribution in [3.8, 4) is 0 Å². The number of esters is 1. The van der Waals surface area contributed by atoms with Gasteiger partial charge in [0.1, 0.15) is 0 Å². The molecule has 0 unspecified atom stereocenters. The van der Waals surface area contributed by atoms with Crippen LogP contribution in [-0.2, 0) is 22.4 Å². The molecule has 31 heavy (non-hydrogen) atoms. The fraction of sp³-hybridized carbons (Fsp3) is 0.261. The van der Waals surface area contributed by atoms with Gasteiger partial charge in [0.2, 0.25) is 0 Å². The van der Waals surface area contributed by atoms with Crippen LogP contribution in [0.3, 0.4) is 0 Å². The zero-order valence-corrected chi connectivity index (χ0v) is 16.5. The molecule has 5 nitrogen and oxygen atoms in total. The number of carbonyl (C=O) groups excluding carboxylic acids is 2. The summed E-state index contributed by atoms with van der Waals surface area (Å²) >= 11 is 0. The molecule has 0 saturated carbocycles. The fourth-order valence-corrected chi connectivity index (χ4v) is 3.79. The molecule has 0 fully saturated rings. The lowest BCUT2D eigenvalue weighted by Crippen LogP contribution is -2.22. The second-order valence-electron chi connectivity index (χ2n) is 7.34. The van der Waals surface area contributed by atoms with Crippen molar-refractivity contribution in [2.24, 2.45) is 0 Å². The van der Waals surface area contributed by atoms with Crippen LogP contribution in [0.4, 0.5) is 18.9 Å². The summed E-state index contributed by atoms with van der Waals surface area (Å²) in [6.07, 6.45) is 4.38. The summed E-state index contributed by atoms with van der Waals surface area (Å²) in [5.74, 6) is -6.14. The topological polar surface area (TPSA) is 68.3 Å². The van der Waals surface area contributed by atoms with E-state index in [2.05, 4.69) is 5.32 Å². The van der Waals surface area contributed by atoms with Gasteiger partial charge in [-0.15, -0.1) is 0 Å². The van der Waals surface area contributed by atoms with E-state index >= 15 is 0 Å². The normalized spacial score (nSPS) is 13.4. The Hall–Kier alpha value is -3.42. The molecular weight excluding hydrogens is 409 g/mol. The SMILES string of the molecule is O=C(COC(=O)c1c2c(nc3ccccc13)CCCCC2)Nc1ccc(F)c(F)c1F. The Bertz CT molecular complexity index is 1180. The molecule has 1 aromatic heterocycles. The quantitative estimate of drug-likeness (QED) is 0.371. The standard InChI is InChI=1S/C23H19F3N2O3/c24-15-10-11-18(22(26)21(15)25)28-19(29)12-31-23(30)20-13-6-2-1-3-8-16(13)27-17-9-5-4-7-14(17)20/h4-5,7,9-11H,1-3,6,8,12H2,(H,28,29). The van der Waals surface area contributed by atoms with Gasteiger partial charge in [0.15, 0.2) is 24.1 Å². The number of halogens is 3. The van der Waals surface area contributed by atoms with Gasteiger partial charge in [-0.25, -0.2) is 18.0 Å². The number of nitrogens with one attached hydrogen (secondary N) is 1. The maximum absolute atomic E-state index is 13.7. The van der Waals surface area contributed by atoms with Gasteiger partial charge in [-0.2, -0.15) is 0 Å². The average Bonchev–Trinajstić information content (AvgIpc) is 3.01. The molecule has 0 atom stereocenters. The van der Waals surface area contributed by atoms with Crippen LogP contribution >= 0.6 is 0 Å². The van der Waals surface area contributed by atoms with Crippen LogP contribution in [0.2, 0.25) is 0 Å². The van der Waals surface area contributed by atoms with Crippen LogP contribution in [0.15, 0.2) is 36.4 Å². The summed E-state index contributed by atoms with van der Waals surface area (Å²) in [5, 5.41) is 2.72. The molecule has 0 spiro atoms. The summed E-state index contributed by atoms with van der Waals surface area (Å²) < 4.78 is 45.3. The number of nitrogens with zero attached hydrogens (tertiary/aromatic N) is 1. The van der Waals surface area contributed by atoms with Crippen LogP contribution in [0.25, 0.3) is 10.9 Å². The highest BCUT2D eigenvalue weighted by molar-refractivity contribution is 6.06. The minimum atomic E-state index is -1.69. The van der Waals surface area contributed by atoms with E-state index in [1.807, 2.05) is 12.1 Å². The van der Waals surface area contributed by atoms with Crippen molar-refractivity contribution in [1.29, 1.82) is 0 Å². The van der Waals surface area contributed by atoms with Gasteiger partial charge in [0.05, 0.1) is 16.8 Å². The minimum absolute atomic E-state index is 0.384. The smallest absolute Gasteiger partial charge is 0.339 e. The van der Waals surface area contributed by atoms with Crippen molar-refractivity contribution in [3.05, 3.63) is 70.7 Å². The highest BCUT2D eigenvalue weighted by Crippen LogP contribution is 2.29. The molecule has 0 bridgehead atoms. The monoisotopic (exact) mass is 428 g/mol. The first kappa shape index (κ1) is 20.8. The Morgan fingerprint density at radius 3 is 2.58 bits per heavy atom. The van der Waals surface area contributed by atoms with Crippen molar-refractivity contribution < 1.29 is 27.5 Å². The number of para-hydroxylation sites is 1. The number of benzene rings is 2. The van der Waals surface area contributed by atoms with Crippen LogP contribution in [0.1, 0.15) is 40.9 Å². The van der Waals surface area contributed by atoms with Crippen LogP contribution < -0.4 is 5.32 Å². The minimum Gasteiger partial charge on any atom is -0.452 e. The Labute approximate surface area is 176 Å². The molecule has 1 aliphatic rings. The van der Waals surface area contributed by atoms with E-state index in [1.54, 1.807) is 12.1 Å². The van der Waals surface area contributed by atoms with Gasteiger partial charge in [0.25, 0.3) is 5.91 Å². The van der Waals surface area contributed by atoms with Crippen molar-refractivity contribution in [2.75, 3.05) is 11.9 Å². The average molecular weight is 428 g/mol. The van der Waals surface area contributed by atoms with Crippen LogP contribution in [0, 0.1) is 17.5 Å². The molecule has 160 valence electrons. The first-order valence-electron chi connectivity index (χ1n) is 9.96. The van der Waals surface area contributed by atoms with E-state index in [1.165, 1.54) is 0 Å².